The minimum absolute atomic E-state index is 0.226. The van der Waals surface area contributed by atoms with Crippen LogP contribution in [0.3, 0.4) is 0 Å². The van der Waals surface area contributed by atoms with Gasteiger partial charge in [0.1, 0.15) is 0 Å². The number of likely N-dealkylation sites (tertiary alicyclic amines) is 1. The lowest BCUT2D eigenvalue weighted by molar-refractivity contribution is 0.0501. The molecule has 0 aliphatic carbocycles. The summed E-state index contributed by atoms with van der Waals surface area (Å²) in [6, 6.07) is 0. The summed E-state index contributed by atoms with van der Waals surface area (Å²) in [4.78, 5) is 4.75. The lowest BCUT2D eigenvalue weighted by atomic mass is 9.86. The Morgan fingerprint density at radius 1 is 1.33 bits per heavy atom. The minimum Gasteiger partial charge on any atom is -0.383 e. The Morgan fingerprint density at radius 3 is 2.33 bits per heavy atom. The molecule has 1 heterocycles. The first-order chi connectivity index (χ1) is 7.14. The van der Waals surface area contributed by atoms with Gasteiger partial charge in [0.15, 0.2) is 0 Å². The van der Waals surface area contributed by atoms with Crippen molar-refractivity contribution >= 4 is 0 Å². The third-order valence-electron chi connectivity index (χ3n) is 3.73. The van der Waals surface area contributed by atoms with Crippen LogP contribution in [0.1, 0.15) is 12.8 Å². The molecule has 0 aromatic rings. The topological polar surface area (TPSA) is 41.7 Å². The number of nitrogens with zero attached hydrogens (tertiary/aromatic N) is 2. The van der Waals surface area contributed by atoms with E-state index in [0.717, 1.165) is 32.8 Å². The molecule has 90 valence electrons. The zero-order valence-electron chi connectivity index (χ0n) is 10.3. The Labute approximate surface area is 93.4 Å². The van der Waals surface area contributed by atoms with Gasteiger partial charge >= 0.3 is 0 Å². The number of hydrogen-bond donors (Lipinski definition) is 1. The van der Waals surface area contributed by atoms with Crippen LogP contribution in [0, 0.1) is 0 Å². The number of hydrogen-bond acceptors (Lipinski definition) is 4. The molecule has 0 amide bonds. The van der Waals surface area contributed by atoms with Crippen LogP contribution in [0.15, 0.2) is 0 Å². The monoisotopic (exact) mass is 215 g/mol. The quantitative estimate of drug-likeness (QED) is 0.700. The SMILES string of the molecule is COCCN1CCC(CN)(N(C)C)CC1. The highest BCUT2D eigenvalue weighted by molar-refractivity contribution is 4.93. The second kappa shape index (κ2) is 5.80. The molecule has 0 atom stereocenters. The van der Waals surface area contributed by atoms with Crippen LogP contribution in [0.5, 0.6) is 0 Å². The molecule has 4 heteroatoms. The van der Waals surface area contributed by atoms with Crippen molar-refractivity contribution < 1.29 is 4.74 Å². The fourth-order valence-corrected chi connectivity index (χ4v) is 2.25. The van der Waals surface area contributed by atoms with Gasteiger partial charge in [-0.15, -0.1) is 0 Å². The highest BCUT2D eigenvalue weighted by atomic mass is 16.5. The molecule has 4 nitrogen and oxygen atoms in total. The van der Waals surface area contributed by atoms with E-state index in [0.29, 0.717) is 0 Å². The van der Waals surface area contributed by atoms with Crippen molar-refractivity contribution in [2.45, 2.75) is 18.4 Å². The molecule has 0 bridgehead atoms. The molecule has 0 aromatic heterocycles. The van der Waals surface area contributed by atoms with Crippen molar-refractivity contribution in [1.29, 1.82) is 0 Å². The van der Waals surface area contributed by atoms with Crippen molar-refractivity contribution in [3.8, 4) is 0 Å². The number of piperidine rings is 1. The van der Waals surface area contributed by atoms with Crippen molar-refractivity contribution in [3.63, 3.8) is 0 Å². The largest absolute Gasteiger partial charge is 0.383 e. The molecule has 1 rings (SSSR count). The molecule has 0 spiro atoms. The molecule has 1 fully saturated rings. The summed E-state index contributed by atoms with van der Waals surface area (Å²) >= 11 is 0. The number of methoxy groups -OCH3 is 1. The van der Waals surface area contributed by atoms with E-state index in [-0.39, 0.29) is 5.54 Å². The molecule has 1 aliphatic heterocycles. The van der Waals surface area contributed by atoms with E-state index in [1.165, 1.54) is 12.8 Å². The number of rotatable bonds is 5. The van der Waals surface area contributed by atoms with Gasteiger partial charge in [-0.3, -0.25) is 0 Å². The second-order valence-corrected chi connectivity index (χ2v) is 4.66. The third-order valence-corrected chi connectivity index (χ3v) is 3.73. The maximum Gasteiger partial charge on any atom is 0.0589 e. The first-order valence-corrected chi connectivity index (χ1v) is 5.73. The number of likely N-dealkylation sites (N-methyl/N-ethyl adjacent to an activating group) is 1. The highest BCUT2D eigenvalue weighted by Gasteiger charge is 2.34. The molecule has 2 N–H and O–H groups in total. The molecule has 15 heavy (non-hydrogen) atoms. The van der Waals surface area contributed by atoms with E-state index in [1.807, 2.05) is 0 Å². The first kappa shape index (κ1) is 12.9. The Morgan fingerprint density at radius 2 is 1.93 bits per heavy atom. The van der Waals surface area contributed by atoms with E-state index in [2.05, 4.69) is 23.9 Å². The first-order valence-electron chi connectivity index (χ1n) is 5.73. The molecule has 1 aliphatic rings. The molecular formula is C11H25N3O. The smallest absolute Gasteiger partial charge is 0.0589 e. The maximum atomic E-state index is 5.90. The maximum absolute atomic E-state index is 5.90. The molecule has 0 aromatic carbocycles. The third kappa shape index (κ3) is 3.14. The summed E-state index contributed by atoms with van der Waals surface area (Å²) in [5, 5.41) is 0. The average molecular weight is 215 g/mol. The van der Waals surface area contributed by atoms with Crippen LogP contribution in [0.2, 0.25) is 0 Å². The molecule has 0 unspecified atom stereocenters. The summed E-state index contributed by atoms with van der Waals surface area (Å²) in [7, 11) is 6.03. The van der Waals surface area contributed by atoms with Crippen molar-refractivity contribution in [2.24, 2.45) is 5.73 Å². The van der Waals surface area contributed by atoms with Crippen LogP contribution in [-0.2, 0) is 4.74 Å². The van der Waals surface area contributed by atoms with Gasteiger partial charge < -0.3 is 20.3 Å². The fourth-order valence-electron chi connectivity index (χ4n) is 2.25. The van der Waals surface area contributed by atoms with Crippen molar-refractivity contribution in [1.82, 2.24) is 9.80 Å². The van der Waals surface area contributed by atoms with E-state index < -0.39 is 0 Å². The number of nitrogens with two attached hydrogens (primary N) is 1. The van der Waals surface area contributed by atoms with Gasteiger partial charge in [-0.25, -0.2) is 0 Å². The number of ether oxygens (including phenoxy) is 1. The van der Waals surface area contributed by atoms with Crippen molar-refractivity contribution in [2.75, 3.05) is 54.0 Å². The van der Waals surface area contributed by atoms with Crippen LogP contribution >= 0.6 is 0 Å². The molecule has 0 saturated carbocycles. The summed E-state index contributed by atoms with van der Waals surface area (Å²) in [6.07, 6.45) is 2.33. The van der Waals surface area contributed by atoms with Crippen LogP contribution in [0.4, 0.5) is 0 Å². The average Bonchev–Trinajstić information content (AvgIpc) is 2.27. The Kier molecular flexibility index (Phi) is 4.99. The summed E-state index contributed by atoms with van der Waals surface area (Å²) in [5.74, 6) is 0. The zero-order chi connectivity index (χ0) is 11.3. The van der Waals surface area contributed by atoms with Gasteiger partial charge in [0.2, 0.25) is 0 Å². The summed E-state index contributed by atoms with van der Waals surface area (Å²) < 4.78 is 5.09. The van der Waals surface area contributed by atoms with E-state index in [1.54, 1.807) is 7.11 Å². The zero-order valence-corrected chi connectivity index (χ0v) is 10.3. The molecule has 0 radical (unpaired) electrons. The van der Waals surface area contributed by atoms with Gasteiger partial charge in [-0.05, 0) is 26.9 Å². The van der Waals surface area contributed by atoms with Crippen LogP contribution in [0.25, 0.3) is 0 Å². The van der Waals surface area contributed by atoms with Gasteiger partial charge in [0.05, 0.1) is 6.61 Å². The van der Waals surface area contributed by atoms with Crippen LogP contribution in [-0.4, -0.2) is 69.3 Å². The second-order valence-electron chi connectivity index (χ2n) is 4.66. The summed E-state index contributed by atoms with van der Waals surface area (Å²) in [5.41, 5.74) is 6.13. The predicted molar refractivity (Wildman–Crippen MR) is 63.0 cm³/mol. The Hall–Kier alpha value is -0.160. The van der Waals surface area contributed by atoms with Gasteiger partial charge in [0.25, 0.3) is 0 Å². The molecule has 1 saturated heterocycles. The van der Waals surface area contributed by atoms with Crippen LogP contribution < -0.4 is 5.73 Å². The Bertz CT molecular complexity index is 177. The lowest BCUT2D eigenvalue weighted by Gasteiger charge is -2.45. The molecular weight excluding hydrogens is 190 g/mol. The minimum atomic E-state index is 0.226. The summed E-state index contributed by atoms with van der Waals surface area (Å²) in [6.45, 7) is 4.91. The normalized spacial score (nSPS) is 22.2. The lowest BCUT2D eigenvalue weighted by Crippen LogP contribution is -2.57. The van der Waals surface area contributed by atoms with Gasteiger partial charge in [-0.1, -0.05) is 0 Å². The van der Waals surface area contributed by atoms with E-state index in [9.17, 15) is 0 Å². The van der Waals surface area contributed by atoms with Crippen molar-refractivity contribution in [3.05, 3.63) is 0 Å². The highest BCUT2D eigenvalue weighted by Crippen LogP contribution is 2.25. The predicted octanol–water partition coefficient (Wildman–Crippen LogP) is -0.0123. The van der Waals surface area contributed by atoms with E-state index in [4.69, 9.17) is 10.5 Å². The Balaban J connectivity index is 2.39. The van der Waals surface area contributed by atoms with E-state index >= 15 is 0 Å². The standard InChI is InChI=1S/C11H25N3O/c1-13(2)11(10-12)4-6-14(7-5-11)8-9-15-3/h4-10,12H2,1-3H3. The van der Waals surface area contributed by atoms with Gasteiger partial charge in [0, 0.05) is 38.8 Å². The fraction of sp³-hybridized carbons (Fsp3) is 1.00. The van der Waals surface area contributed by atoms with Gasteiger partial charge in [-0.2, -0.15) is 0 Å².